The minimum Gasteiger partial charge on any atom is -0.318 e. The van der Waals surface area contributed by atoms with Crippen LogP contribution in [0.15, 0.2) is 46.9 Å². The monoisotopic (exact) mass is 366 g/mol. The number of hydrogen-bond acceptors (Lipinski definition) is 2. The van der Waals surface area contributed by atoms with Gasteiger partial charge in [0.05, 0.1) is 0 Å². The third-order valence-corrected chi connectivity index (χ3v) is 3.84. The average molecular weight is 368 g/mol. The smallest absolute Gasteiger partial charge is 0.314 e. The molecule has 2 aromatic rings. The second kappa shape index (κ2) is 6.74. The maximum absolute atomic E-state index is 11.8. The van der Waals surface area contributed by atoms with Crippen molar-refractivity contribution in [2.45, 2.75) is 6.92 Å². The normalized spacial score (nSPS) is 10.0. The highest BCUT2D eigenvalue weighted by Crippen LogP contribution is 2.20. The SMILES string of the molecule is Cc1ccc(NC(=O)C(=O)Nc2ccc(Cl)cc2)cc1Br. The molecule has 4 nitrogen and oxygen atoms in total. The number of benzene rings is 2. The van der Waals surface area contributed by atoms with Gasteiger partial charge >= 0.3 is 11.8 Å². The van der Waals surface area contributed by atoms with E-state index in [2.05, 4.69) is 26.6 Å². The summed E-state index contributed by atoms with van der Waals surface area (Å²) in [7, 11) is 0. The maximum Gasteiger partial charge on any atom is 0.314 e. The second-order valence-electron chi connectivity index (χ2n) is 4.38. The van der Waals surface area contributed by atoms with Crippen LogP contribution in [0.4, 0.5) is 11.4 Å². The number of halogens is 2. The molecule has 0 aliphatic heterocycles. The predicted octanol–water partition coefficient (Wildman–Crippen LogP) is 3.99. The Balaban J connectivity index is 2.00. The van der Waals surface area contributed by atoms with Crippen LogP contribution in [0.2, 0.25) is 5.02 Å². The lowest BCUT2D eigenvalue weighted by atomic mass is 10.2. The molecule has 0 saturated heterocycles. The fraction of sp³-hybridized carbons (Fsp3) is 0.0667. The topological polar surface area (TPSA) is 58.2 Å². The molecule has 6 heteroatoms. The highest BCUT2D eigenvalue weighted by molar-refractivity contribution is 9.10. The number of amides is 2. The van der Waals surface area contributed by atoms with Gasteiger partial charge in [0.2, 0.25) is 0 Å². The molecule has 0 atom stereocenters. The Labute approximate surface area is 135 Å². The van der Waals surface area contributed by atoms with Crippen LogP contribution in [0, 0.1) is 6.92 Å². The Bertz CT molecular complexity index is 687. The predicted molar refractivity (Wildman–Crippen MR) is 87.6 cm³/mol. The van der Waals surface area contributed by atoms with Crippen LogP contribution in [-0.2, 0) is 9.59 Å². The Morgan fingerprint density at radius 1 is 0.952 bits per heavy atom. The quantitative estimate of drug-likeness (QED) is 0.789. The fourth-order valence-electron chi connectivity index (χ4n) is 1.58. The van der Waals surface area contributed by atoms with Crippen LogP contribution < -0.4 is 10.6 Å². The molecule has 0 spiro atoms. The third kappa shape index (κ3) is 4.31. The molecular formula is C15H12BrClN2O2. The third-order valence-electron chi connectivity index (χ3n) is 2.74. The molecular weight excluding hydrogens is 356 g/mol. The van der Waals surface area contributed by atoms with Gasteiger partial charge in [-0.25, -0.2) is 0 Å². The van der Waals surface area contributed by atoms with E-state index in [9.17, 15) is 9.59 Å². The van der Waals surface area contributed by atoms with Crippen LogP contribution in [0.25, 0.3) is 0 Å². The molecule has 0 saturated carbocycles. The van der Waals surface area contributed by atoms with Gasteiger partial charge < -0.3 is 10.6 Å². The van der Waals surface area contributed by atoms with Crippen molar-refractivity contribution in [1.29, 1.82) is 0 Å². The molecule has 0 aliphatic carbocycles. The van der Waals surface area contributed by atoms with Crippen molar-refractivity contribution in [3.63, 3.8) is 0 Å². The Kier molecular flexibility index (Phi) is 4.98. The van der Waals surface area contributed by atoms with Crippen molar-refractivity contribution in [2.24, 2.45) is 0 Å². The minimum absolute atomic E-state index is 0.504. The van der Waals surface area contributed by atoms with Crippen LogP contribution in [0.3, 0.4) is 0 Å². The van der Waals surface area contributed by atoms with E-state index in [4.69, 9.17) is 11.6 Å². The van der Waals surface area contributed by atoms with E-state index >= 15 is 0 Å². The Hall–Kier alpha value is -1.85. The van der Waals surface area contributed by atoms with Crippen LogP contribution in [0.1, 0.15) is 5.56 Å². The van der Waals surface area contributed by atoms with E-state index in [0.717, 1.165) is 10.0 Å². The zero-order valence-electron chi connectivity index (χ0n) is 11.1. The number of aryl methyl sites for hydroxylation is 1. The van der Waals surface area contributed by atoms with E-state index in [1.807, 2.05) is 13.0 Å². The summed E-state index contributed by atoms with van der Waals surface area (Å²) in [5.74, 6) is -1.48. The zero-order valence-corrected chi connectivity index (χ0v) is 13.5. The largest absolute Gasteiger partial charge is 0.318 e. The van der Waals surface area contributed by atoms with Crippen LogP contribution in [-0.4, -0.2) is 11.8 Å². The lowest BCUT2D eigenvalue weighted by Crippen LogP contribution is -2.29. The van der Waals surface area contributed by atoms with Crippen molar-refractivity contribution < 1.29 is 9.59 Å². The molecule has 0 bridgehead atoms. The molecule has 2 amide bonds. The summed E-state index contributed by atoms with van der Waals surface area (Å²) in [5, 5.41) is 5.59. The number of nitrogens with one attached hydrogen (secondary N) is 2. The van der Waals surface area contributed by atoms with Crippen molar-refractivity contribution in [3.8, 4) is 0 Å². The molecule has 21 heavy (non-hydrogen) atoms. The van der Waals surface area contributed by atoms with Gasteiger partial charge in [-0.15, -0.1) is 0 Å². The fourth-order valence-corrected chi connectivity index (χ4v) is 2.08. The number of hydrogen-bond donors (Lipinski definition) is 2. The van der Waals surface area contributed by atoms with E-state index < -0.39 is 11.8 Å². The Morgan fingerprint density at radius 2 is 1.48 bits per heavy atom. The first-order chi connectivity index (χ1) is 9.95. The van der Waals surface area contributed by atoms with Crippen LogP contribution >= 0.6 is 27.5 Å². The van der Waals surface area contributed by atoms with E-state index in [1.54, 1.807) is 36.4 Å². The lowest BCUT2D eigenvalue weighted by molar-refractivity contribution is -0.132. The summed E-state index contributed by atoms with van der Waals surface area (Å²) in [5.41, 5.74) is 2.09. The number of carbonyl (C=O) groups is 2. The lowest BCUT2D eigenvalue weighted by Gasteiger charge is -2.08. The van der Waals surface area contributed by atoms with Gasteiger partial charge in [0, 0.05) is 20.9 Å². The van der Waals surface area contributed by atoms with E-state index in [-0.39, 0.29) is 0 Å². The highest BCUT2D eigenvalue weighted by Gasteiger charge is 2.14. The molecule has 0 radical (unpaired) electrons. The molecule has 2 N–H and O–H groups in total. The van der Waals surface area contributed by atoms with Gasteiger partial charge in [0.15, 0.2) is 0 Å². The van der Waals surface area contributed by atoms with Crippen molar-refractivity contribution in [1.82, 2.24) is 0 Å². The number of carbonyl (C=O) groups excluding carboxylic acids is 2. The highest BCUT2D eigenvalue weighted by atomic mass is 79.9. The van der Waals surface area contributed by atoms with Gasteiger partial charge in [-0.2, -0.15) is 0 Å². The molecule has 0 heterocycles. The second-order valence-corrected chi connectivity index (χ2v) is 5.67. The minimum atomic E-state index is -0.742. The van der Waals surface area contributed by atoms with Gasteiger partial charge in [-0.3, -0.25) is 9.59 Å². The Morgan fingerprint density at radius 3 is 2.05 bits per heavy atom. The first-order valence-electron chi connectivity index (χ1n) is 6.10. The molecule has 2 aromatic carbocycles. The standard InChI is InChI=1S/C15H12BrClN2O2/c1-9-2-5-12(8-13(9)16)19-15(21)14(20)18-11-6-3-10(17)4-7-11/h2-8H,1H3,(H,18,20)(H,19,21). The van der Waals surface area contributed by atoms with Gasteiger partial charge in [-0.1, -0.05) is 33.6 Å². The summed E-state index contributed by atoms with van der Waals surface area (Å²) in [6.07, 6.45) is 0. The van der Waals surface area contributed by atoms with E-state index in [0.29, 0.717) is 16.4 Å². The molecule has 108 valence electrons. The summed E-state index contributed by atoms with van der Waals surface area (Å²) in [6.45, 7) is 1.93. The van der Waals surface area contributed by atoms with Crippen LogP contribution in [0.5, 0.6) is 0 Å². The summed E-state index contributed by atoms with van der Waals surface area (Å²) in [6, 6.07) is 11.8. The average Bonchev–Trinajstić information content (AvgIpc) is 2.45. The first-order valence-corrected chi connectivity index (χ1v) is 7.27. The molecule has 0 unspecified atom stereocenters. The van der Waals surface area contributed by atoms with Gasteiger partial charge in [-0.05, 0) is 48.9 Å². The zero-order chi connectivity index (χ0) is 15.4. The summed E-state index contributed by atoms with van der Waals surface area (Å²) >= 11 is 9.12. The van der Waals surface area contributed by atoms with Gasteiger partial charge in [0.1, 0.15) is 0 Å². The van der Waals surface area contributed by atoms with Crippen molar-refractivity contribution in [2.75, 3.05) is 10.6 Å². The van der Waals surface area contributed by atoms with E-state index in [1.165, 1.54) is 0 Å². The molecule has 2 rings (SSSR count). The molecule has 0 aromatic heterocycles. The van der Waals surface area contributed by atoms with Gasteiger partial charge in [0.25, 0.3) is 0 Å². The van der Waals surface area contributed by atoms with Crippen molar-refractivity contribution in [3.05, 3.63) is 57.5 Å². The summed E-state index contributed by atoms with van der Waals surface area (Å²) < 4.78 is 0.860. The number of rotatable bonds is 2. The molecule has 0 fully saturated rings. The van der Waals surface area contributed by atoms with Crippen molar-refractivity contribution >= 4 is 50.7 Å². The first kappa shape index (κ1) is 15.5. The maximum atomic E-state index is 11.8. The number of anilines is 2. The summed E-state index contributed by atoms with van der Waals surface area (Å²) in [4.78, 5) is 23.6. The molecule has 0 aliphatic rings.